The summed E-state index contributed by atoms with van der Waals surface area (Å²) in [5.41, 5.74) is 4.66. The molecule has 0 spiro atoms. The summed E-state index contributed by atoms with van der Waals surface area (Å²) in [5, 5.41) is 3.94. The van der Waals surface area contributed by atoms with Crippen molar-refractivity contribution in [2.75, 3.05) is 7.05 Å². The third-order valence-corrected chi connectivity index (χ3v) is 4.87. The Kier molecular flexibility index (Phi) is 7.21. The van der Waals surface area contributed by atoms with Crippen LogP contribution in [-0.4, -0.2) is 34.8 Å². The average Bonchev–Trinajstić information content (AvgIpc) is 3.03. The Labute approximate surface area is 167 Å². The van der Waals surface area contributed by atoms with Gasteiger partial charge >= 0.3 is 0 Å². The fraction of sp³-hybridized carbons (Fsp3) is 0.391. The number of carbonyl (C=O) groups excluding carboxylic acids is 2. The number of rotatable bonds is 7. The van der Waals surface area contributed by atoms with Gasteiger partial charge in [-0.2, -0.15) is 0 Å². The zero-order chi connectivity index (χ0) is 20.8. The molecule has 1 aromatic heterocycles. The van der Waals surface area contributed by atoms with E-state index < -0.39 is 6.04 Å². The maximum absolute atomic E-state index is 12.6. The van der Waals surface area contributed by atoms with Crippen LogP contribution >= 0.6 is 0 Å². The molecule has 150 valence electrons. The van der Waals surface area contributed by atoms with Crippen molar-refractivity contribution < 1.29 is 9.59 Å². The first kappa shape index (κ1) is 21.5. The lowest BCUT2D eigenvalue weighted by atomic mass is 10.0. The lowest BCUT2D eigenvalue weighted by Gasteiger charge is -2.28. The molecular formula is C23H31N3O2. The first-order valence-corrected chi connectivity index (χ1v) is 9.65. The average molecular weight is 382 g/mol. The summed E-state index contributed by atoms with van der Waals surface area (Å²) in [6.45, 7) is 9.53. The number of amides is 2. The molecular weight excluding hydrogens is 350 g/mol. The third-order valence-electron chi connectivity index (χ3n) is 4.87. The minimum Gasteiger partial charge on any atom is -0.360 e. The van der Waals surface area contributed by atoms with E-state index in [1.54, 1.807) is 13.2 Å². The molecule has 0 saturated carbocycles. The van der Waals surface area contributed by atoms with Gasteiger partial charge in [-0.05, 0) is 37.8 Å². The summed E-state index contributed by atoms with van der Waals surface area (Å²) in [6, 6.07) is 5.75. The molecule has 28 heavy (non-hydrogen) atoms. The smallest absolute Gasteiger partial charge is 0.246 e. The van der Waals surface area contributed by atoms with Crippen LogP contribution in [0.5, 0.6) is 0 Å². The van der Waals surface area contributed by atoms with E-state index in [1.807, 2.05) is 26.1 Å². The van der Waals surface area contributed by atoms with Crippen LogP contribution in [0.25, 0.3) is 17.0 Å². The number of carbonyl (C=O) groups is 2. The van der Waals surface area contributed by atoms with Crippen LogP contribution in [0.1, 0.15) is 45.7 Å². The molecule has 2 rings (SSSR count). The Morgan fingerprint density at radius 2 is 1.93 bits per heavy atom. The summed E-state index contributed by atoms with van der Waals surface area (Å²) in [6.07, 6.45) is 8.57. The fourth-order valence-corrected chi connectivity index (χ4v) is 3.28. The standard InChI is InChI=1S/C23H31N3O2/c1-15(2)10-11-18-8-7-9-20-19(14-25-21(18)20)12-13-24-23(28)22(16(3)4)26(6)17(5)27/h7-10,12-14,16,22,25H,11H2,1-6H3,(H,24,28)/b13-12+/t22-/m0/s1. The molecule has 1 heterocycles. The molecule has 0 aliphatic heterocycles. The lowest BCUT2D eigenvalue weighted by molar-refractivity contribution is -0.138. The van der Waals surface area contributed by atoms with Gasteiger partial charge in [0.15, 0.2) is 0 Å². The van der Waals surface area contributed by atoms with Gasteiger partial charge in [0.1, 0.15) is 6.04 Å². The molecule has 0 radical (unpaired) electrons. The molecule has 0 unspecified atom stereocenters. The van der Waals surface area contributed by atoms with E-state index in [2.05, 4.69) is 48.4 Å². The van der Waals surface area contributed by atoms with Crippen LogP contribution in [0, 0.1) is 5.92 Å². The zero-order valence-corrected chi connectivity index (χ0v) is 17.7. The number of H-pyrrole nitrogens is 1. The zero-order valence-electron chi connectivity index (χ0n) is 17.7. The summed E-state index contributed by atoms with van der Waals surface area (Å²) < 4.78 is 0. The highest BCUT2D eigenvalue weighted by molar-refractivity contribution is 5.92. The SMILES string of the molecule is CC(=O)N(C)[C@H](C(=O)N/C=C/c1c[nH]c2c(CC=C(C)C)cccc12)C(C)C. The number of aromatic nitrogens is 1. The molecule has 0 saturated heterocycles. The molecule has 1 atom stereocenters. The molecule has 5 nitrogen and oxygen atoms in total. The van der Waals surface area contributed by atoms with E-state index in [-0.39, 0.29) is 17.7 Å². The van der Waals surface area contributed by atoms with Crippen LogP contribution in [0.2, 0.25) is 0 Å². The van der Waals surface area contributed by atoms with Crippen molar-refractivity contribution in [2.45, 2.75) is 47.1 Å². The quantitative estimate of drug-likeness (QED) is 0.704. The molecule has 2 N–H and O–H groups in total. The number of aromatic amines is 1. The molecule has 0 fully saturated rings. The minimum atomic E-state index is -0.499. The Morgan fingerprint density at radius 1 is 1.21 bits per heavy atom. The number of hydrogen-bond acceptors (Lipinski definition) is 2. The number of likely N-dealkylation sites (N-methyl/N-ethyl adjacent to an activating group) is 1. The Bertz CT molecular complexity index is 902. The van der Waals surface area contributed by atoms with Crippen LogP contribution in [0.3, 0.4) is 0 Å². The van der Waals surface area contributed by atoms with Gasteiger partial charge in [-0.1, -0.05) is 43.7 Å². The number of allylic oxidation sites excluding steroid dienone is 2. The summed E-state index contributed by atoms with van der Waals surface area (Å²) >= 11 is 0. The molecule has 1 aromatic carbocycles. The number of fused-ring (bicyclic) bond motifs is 1. The molecule has 0 bridgehead atoms. The second-order valence-corrected chi connectivity index (χ2v) is 7.73. The maximum atomic E-state index is 12.6. The first-order chi connectivity index (χ1) is 13.2. The van der Waals surface area contributed by atoms with E-state index in [0.29, 0.717) is 0 Å². The fourth-order valence-electron chi connectivity index (χ4n) is 3.28. The highest BCUT2D eigenvalue weighted by atomic mass is 16.2. The van der Waals surface area contributed by atoms with Crippen LogP contribution in [-0.2, 0) is 16.0 Å². The Balaban J connectivity index is 2.17. The first-order valence-electron chi connectivity index (χ1n) is 9.65. The number of para-hydroxylation sites is 1. The predicted octanol–water partition coefficient (Wildman–Crippen LogP) is 4.27. The van der Waals surface area contributed by atoms with Crippen molar-refractivity contribution in [2.24, 2.45) is 5.92 Å². The summed E-state index contributed by atoms with van der Waals surface area (Å²) in [5.74, 6) is -0.292. The highest BCUT2D eigenvalue weighted by Gasteiger charge is 2.27. The number of hydrogen-bond donors (Lipinski definition) is 2. The highest BCUT2D eigenvalue weighted by Crippen LogP contribution is 2.23. The second kappa shape index (κ2) is 9.40. The van der Waals surface area contributed by atoms with Crippen molar-refractivity contribution >= 4 is 28.8 Å². The molecule has 5 heteroatoms. The van der Waals surface area contributed by atoms with Crippen molar-refractivity contribution in [1.82, 2.24) is 15.2 Å². The number of nitrogens with one attached hydrogen (secondary N) is 2. The van der Waals surface area contributed by atoms with Gasteiger partial charge in [0.25, 0.3) is 0 Å². The molecule has 2 amide bonds. The van der Waals surface area contributed by atoms with Crippen molar-refractivity contribution in [3.05, 3.63) is 53.4 Å². The Morgan fingerprint density at radius 3 is 2.54 bits per heavy atom. The Hall–Kier alpha value is -2.82. The van der Waals surface area contributed by atoms with Crippen molar-refractivity contribution in [3.63, 3.8) is 0 Å². The second-order valence-electron chi connectivity index (χ2n) is 7.73. The van der Waals surface area contributed by atoms with E-state index >= 15 is 0 Å². The lowest BCUT2D eigenvalue weighted by Crippen LogP contribution is -2.48. The minimum absolute atomic E-state index is 0.0213. The van der Waals surface area contributed by atoms with E-state index in [4.69, 9.17) is 0 Å². The predicted molar refractivity (Wildman–Crippen MR) is 116 cm³/mol. The van der Waals surface area contributed by atoms with Crippen LogP contribution < -0.4 is 5.32 Å². The van der Waals surface area contributed by atoms with E-state index in [9.17, 15) is 9.59 Å². The monoisotopic (exact) mass is 381 g/mol. The molecule has 0 aliphatic carbocycles. The molecule has 2 aromatic rings. The van der Waals surface area contributed by atoms with Gasteiger partial charge in [-0.3, -0.25) is 9.59 Å². The van der Waals surface area contributed by atoms with Gasteiger partial charge < -0.3 is 15.2 Å². The maximum Gasteiger partial charge on any atom is 0.246 e. The third kappa shape index (κ3) is 5.12. The van der Waals surface area contributed by atoms with Crippen molar-refractivity contribution in [1.29, 1.82) is 0 Å². The van der Waals surface area contributed by atoms with Crippen molar-refractivity contribution in [3.8, 4) is 0 Å². The largest absolute Gasteiger partial charge is 0.360 e. The van der Waals surface area contributed by atoms with Gasteiger partial charge in [-0.15, -0.1) is 0 Å². The van der Waals surface area contributed by atoms with Gasteiger partial charge in [0, 0.05) is 42.8 Å². The van der Waals surface area contributed by atoms with Crippen LogP contribution in [0.15, 0.2) is 42.2 Å². The summed E-state index contributed by atoms with van der Waals surface area (Å²) in [7, 11) is 1.66. The molecule has 0 aliphatic rings. The van der Waals surface area contributed by atoms with E-state index in [0.717, 1.165) is 22.9 Å². The van der Waals surface area contributed by atoms with Gasteiger partial charge in [0.05, 0.1) is 0 Å². The van der Waals surface area contributed by atoms with Gasteiger partial charge in [0.2, 0.25) is 11.8 Å². The number of nitrogens with zero attached hydrogens (tertiary/aromatic N) is 1. The number of benzene rings is 1. The van der Waals surface area contributed by atoms with Crippen LogP contribution in [0.4, 0.5) is 0 Å². The normalized spacial score (nSPS) is 12.4. The van der Waals surface area contributed by atoms with Gasteiger partial charge in [-0.25, -0.2) is 0 Å². The topological polar surface area (TPSA) is 65.2 Å². The van der Waals surface area contributed by atoms with E-state index in [1.165, 1.54) is 23.0 Å². The summed E-state index contributed by atoms with van der Waals surface area (Å²) in [4.78, 5) is 29.0.